The average Bonchev–Trinajstić information content (AvgIpc) is 3.16. The molecule has 5 nitrogen and oxygen atoms in total. The van der Waals surface area contributed by atoms with Crippen molar-refractivity contribution in [3.8, 4) is 0 Å². The van der Waals surface area contributed by atoms with Crippen molar-refractivity contribution in [1.82, 2.24) is 15.0 Å². The smallest absolute Gasteiger partial charge is 0.185 e. The molecule has 1 saturated heterocycles. The number of aryl methyl sites for hydroxylation is 3. The van der Waals surface area contributed by atoms with Crippen molar-refractivity contribution < 1.29 is 0 Å². The highest BCUT2D eigenvalue weighted by atomic mass is 32.1. The van der Waals surface area contributed by atoms with Crippen LogP contribution in [0.15, 0.2) is 12.4 Å². The minimum atomic E-state index is 0.548. The molecule has 0 saturated carbocycles. The summed E-state index contributed by atoms with van der Waals surface area (Å²) in [6, 6.07) is 2.62. The van der Waals surface area contributed by atoms with E-state index in [4.69, 9.17) is 4.98 Å². The van der Waals surface area contributed by atoms with Crippen LogP contribution in [0.3, 0.4) is 0 Å². The highest BCUT2D eigenvalue weighted by Gasteiger charge is 2.26. The van der Waals surface area contributed by atoms with Gasteiger partial charge in [-0.25, -0.2) is 15.0 Å². The molecule has 2 aliphatic rings. The van der Waals surface area contributed by atoms with Crippen LogP contribution in [0.5, 0.6) is 0 Å². The first kappa shape index (κ1) is 14.9. The second-order valence-electron chi connectivity index (χ2n) is 6.57. The molecule has 0 unspecified atom stereocenters. The average molecular weight is 329 g/mol. The molecule has 0 bridgehead atoms. The fraction of sp³-hybridized carbons (Fsp3) is 0.588. The summed E-state index contributed by atoms with van der Waals surface area (Å²) in [5.74, 6) is 1.03. The Kier molecular flexibility index (Phi) is 3.93. The summed E-state index contributed by atoms with van der Waals surface area (Å²) in [4.78, 5) is 19.8. The minimum absolute atomic E-state index is 0.548. The summed E-state index contributed by atoms with van der Waals surface area (Å²) in [5.41, 5.74) is 2.39. The number of nitrogens with zero attached hydrogens (tertiary/aromatic N) is 5. The van der Waals surface area contributed by atoms with Crippen molar-refractivity contribution in [3.05, 3.63) is 28.7 Å². The van der Waals surface area contributed by atoms with Gasteiger partial charge in [-0.3, -0.25) is 0 Å². The molecule has 0 aromatic carbocycles. The molecule has 4 rings (SSSR count). The minimum Gasteiger partial charge on any atom is -0.356 e. The van der Waals surface area contributed by atoms with Gasteiger partial charge in [0.05, 0.1) is 5.69 Å². The van der Waals surface area contributed by atoms with Gasteiger partial charge in [0, 0.05) is 42.8 Å². The van der Waals surface area contributed by atoms with Crippen molar-refractivity contribution in [2.45, 2.75) is 45.1 Å². The van der Waals surface area contributed by atoms with Gasteiger partial charge in [-0.15, -0.1) is 11.3 Å². The van der Waals surface area contributed by atoms with Crippen LogP contribution < -0.4 is 9.80 Å². The Morgan fingerprint density at radius 3 is 2.78 bits per heavy atom. The number of aromatic nitrogens is 3. The van der Waals surface area contributed by atoms with Crippen LogP contribution in [0, 0.1) is 6.92 Å². The van der Waals surface area contributed by atoms with Gasteiger partial charge in [-0.05, 0) is 39.0 Å². The fourth-order valence-corrected chi connectivity index (χ4v) is 4.78. The zero-order chi connectivity index (χ0) is 15.8. The molecular formula is C17H23N5S. The summed E-state index contributed by atoms with van der Waals surface area (Å²) < 4.78 is 0. The normalized spacial score (nSPS) is 18.3. The summed E-state index contributed by atoms with van der Waals surface area (Å²) >= 11 is 1.92. The van der Waals surface area contributed by atoms with Gasteiger partial charge in [-0.2, -0.15) is 0 Å². The van der Waals surface area contributed by atoms with Crippen molar-refractivity contribution in [1.29, 1.82) is 0 Å². The lowest BCUT2D eigenvalue weighted by atomic mass is 10.0. The van der Waals surface area contributed by atoms with E-state index in [0.29, 0.717) is 6.04 Å². The van der Waals surface area contributed by atoms with Crippen LogP contribution in [0.1, 0.15) is 35.5 Å². The third kappa shape index (κ3) is 2.92. The first-order valence-electron chi connectivity index (χ1n) is 8.46. The van der Waals surface area contributed by atoms with Crippen LogP contribution in [-0.2, 0) is 12.8 Å². The maximum Gasteiger partial charge on any atom is 0.185 e. The first-order chi connectivity index (χ1) is 11.2. The van der Waals surface area contributed by atoms with Crippen LogP contribution in [0.2, 0.25) is 0 Å². The van der Waals surface area contributed by atoms with E-state index in [1.165, 1.54) is 35.0 Å². The molecule has 1 aliphatic carbocycles. The number of hydrogen-bond donors (Lipinski definition) is 0. The maximum absolute atomic E-state index is 4.86. The highest BCUT2D eigenvalue weighted by molar-refractivity contribution is 7.15. The van der Waals surface area contributed by atoms with Gasteiger partial charge in [0.1, 0.15) is 12.1 Å². The SMILES string of the molecule is Cc1cc(N(C)C2CCN(c3nc4c(s3)CCC4)CC2)ncn1. The Labute approximate surface area is 141 Å². The van der Waals surface area contributed by atoms with E-state index >= 15 is 0 Å². The van der Waals surface area contributed by atoms with Crippen molar-refractivity contribution >= 4 is 22.3 Å². The third-order valence-corrected chi connectivity index (χ3v) is 6.24. The molecule has 0 spiro atoms. The van der Waals surface area contributed by atoms with Gasteiger partial charge in [0.2, 0.25) is 0 Å². The monoisotopic (exact) mass is 329 g/mol. The standard InChI is InChI=1S/C17H23N5S/c1-12-10-16(19-11-18-12)21(2)13-6-8-22(9-7-13)17-20-14-4-3-5-15(14)23-17/h10-11,13H,3-9H2,1-2H3. The molecule has 0 atom stereocenters. The summed E-state index contributed by atoms with van der Waals surface area (Å²) in [5, 5.41) is 1.24. The second-order valence-corrected chi connectivity index (χ2v) is 7.63. The Balaban J connectivity index is 1.40. The molecule has 1 fully saturated rings. The lowest BCUT2D eigenvalue weighted by Gasteiger charge is -2.37. The number of fused-ring (bicyclic) bond motifs is 1. The van der Waals surface area contributed by atoms with Crippen molar-refractivity contribution in [2.75, 3.05) is 29.9 Å². The van der Waals surface area contributed by atoms with Gasteiger partial charge in [0.15, 0.2) is 5.13 Å². The van der Waals surface area contributed by atoms with E-state index in [9.17, 15) is 0 Å². The number of anilines is 2. The van der Waals surface area contributed by atoms with E-state index < -0.39 is 0 Å². The second kappa shape index (κ2) is 6.07. The quantitative estimate of drug-likeness (QED) is 0.866. The molecule has 3 heterocycles. The zero-order valence-corrected chi connectivity index (χ0v) is 14.6. The van der Waals surface area contributed by atoms with Gasteiger partial charge >= 0.3 is 0 Å². The molecule has 0 N–H and O–H groups in total. The molecule has 1 aliphatic heterocycles. The number of thiazole rings is 1. The van der Waals surface area contributed by atoms with Crippen LogP contribution in [0.25, 0.3) is 0 Å². The van der Waals surface area contributed by atoms with E-state index in [2.05, 4.69) is 32.9 Å². The molecule has 2 aromatic heterocycles. The molecule has 23 heavy (non-hydrogen) atoms. The first-order valence-corrected chi connectivity index (χ1v) is 9.27. The lowest BCUT2D eigenvalue weighted by Crippen LogP contribution is -2.43. The Morgan fingerprint density at radius 1 is 1.22 bits per heavy atom. The van der Waals surface area contributed by atoms with E-state index in [0.717, 1.165) is 37.4 Å². The molecule has 6 heteroatoms. The Morgan fingerprint density at radius 2 is 2.04 bits per heavy atom. The van der Waals surface area contributed by atoms with E-state index in [1.807, 2.05) is 18.3 Å². The van der Waals surface area contributed by atoms with Gasteiger partial charge in [-0.1, -0.05) is 0 Å². The summed E-state index contributed by atoms with van der Waals surface area (Å²) in [6.07, 6.45) is 7.68. The summed E-state index contributed by atoms with van der Waals surface area (Å²) in [7, 11) is 2.15. The number of hydrogen-bond acceptors (Lipinski definition) is 6. The number of piperidine rings is 1. The summed E-state index contributed by atoms with van der Waals surface area (Å²) in [6.45, 7) is 4.19. The largest absolute Gasteiger partial charge is 0.356 e. The van der Waals surface area contributed by atoms with Crippen LogP contribution >= 0.6 is 11.3 Å². The molecule has 0 radical (unpaired) electrons. The number of rotatable bonds is 3. The predicted molar refractivity (Wildman–Crippen MR) is 94.5 cm³/mol. The van der Waals surface area contributed by atoms with Crippen molar-refractivity contribution in [2.24, 2.45) is 0 Å². The van der Waals surface area contributed by atoms with Crippen LogP contribution in [-0.4, -0.2) is 41.1 Å². The topological polar surface area (TPSA) is 45.2 Å². The maximum atomic E-state index is 4.86. The van der Waals surface area contributed by atoms with E-state index in [-0.39, 0.29) is 0 Å². The van der Waals surface area contributed by atoms with Crippen LogP contribution in [0.4, 0.5) is 10.9 Å². The highest BCUT2D eigenvalue weighted by Crippen LogP contribution is 2.34. The Bertz CT molecular complexity index is 669. The zero-order valence-electron chi connectivity index (χ0n) is 13.8. The molecular weight excluding hydrogens is 306 g/mol. The van der Waals surface area contributed by atoms with E-state index in [1.54, 1.807) is 6.33 Å². The third-order valence-electron chi connectivity index (χ3n) is 5.02. The van der Waals surface area contributed by atoms with Gasteiger partial charge < -0.3 is 9.80 Å². The molecule has 2 aromatic rings. The van der Waals surface area contributed by atoms with Gasteiger partial charge in [0.25, 0.3) is 0 Å². The molecule has 122 valence electrons. The lowest BCUT2D eigenvalue weighted by molar-refractivity contribution is 0.479. The predicted octanol–water partition coefficient (Wildman–Crippen LogP) is 2.84. The van der Waals surface area contributed by atoms with Crippen molar-refractivity contribution in [3.63, 3.8) is 0 Å². The molecule has 0 amide bonds. The Hall–Kier alpha value is -1.69. The fourth-order valence-electron chi connectivity index (χ4n) is 3.58.